The average molecular weight is 406 g/mol. The van der Waals surface area contributed by atoms with Crippen molar-refractivity contribution in [1.82, 2.24) is 4.31 Å². The summed E-state index contributed by atoms with van der Waals surface area (Å²) in [6.45, 7) is 0.211. The molecule has 0 saturated heterocycles. The van der Waals surface area contributed by atoms with Crippen LogP contribution >= 0.6 is 0 Å². The first-order chi connectivity index (χ1) is 13.4. The highest BCUT2D eigenvalue weighted by atomic mass is 32.2. The Balaban J connectivity index is 1.92. The number of nitrogens with zero attached hydrogens (tertiary/aromatic N) is 1. The minimum absolute atomic E-state index is 0.211. The number of methoxy groups -OCH3 is 3. The van der Waals surface area contributed by atoms with Crippen molar-refractivity contribution in [2.24, 2.45) is 0 Å². The third kappa shape index (κ3) is 3.95. The molecule has 2 aromatic carbocycles. The maximum atomic E-state index is 13.3. The van der Waals surface area contributed by atoms with Gasteiger partial charge in [0.15, 0.2) is 11.5 Å². The fourth-order valence-electron chi connectivity index (χ4n) is 3.59. The molecule has 0 atom stereocenters. The van der Waals surface area contributed by atoms with Gasteiger partial charge in [-0.3, -0.25) is 0 Å². The highest BCUT2D eigenvalue weighted by Gasteiger charge is 2.27. The van der Waals surface area contributed by atoms with Crippen LogP contribution in [-0.2, 0) is 29.4 Å². The van der Waals surface area contributed by atoms with Crippen molar-refractivity contribution in [3.63, 3.8) is 0 Å². The average Bonchev–Trinajstić information content (AvgIpc) is 2.72. The van der Waals surface area contributed by atoms with Gasteiger partial charge in [0, 0.05) is 13.6 Å². The van der Waals surface area contributed by atoms with Gasteiger partial charge >= 0.3 is 0 Å². The van der Waals surface area contributed by atoms with Gasteiger partial charge in [-0.15, -0.1) is 0 Å². The van der Waals surface area contributed by atoms with Gasteiger partial charge in [-0.05, 0) is 66.6 Å². The van der Waals surface area contributed by atoms with Crippen molar-refractivity contribution in [1.29, 1.82) is 0 Å². The Morgan fingerprint density at radius 3 is 2.07 bits per heavy atom. The quantitative estimate of drug-likeness (QED) is 0.706. The molecule has 7 heteroatoms. The highest BCUT2D eigenvalue weighted by molar-refractivity contribution is 7.89. The monoisotopic (exact) mass is 405 g/mol. The van der Waals surface area contributed by atoms with Gasteiger partial charge in [0.2, 0.25) is 10.0 Å². The summed E-state index contributed by atoms with van der Waals surface area (Å²) >= 11 is 0. The Morgan fingerprint density at radius 2 is 1.46 bits per heavy atom. The fraction of sp³-hybridized carbons (Fsp3) is 0.429. The van der Waals surface area contributed by atoms with Crippen LogP contribution in [0.15, 0.2) is 35.2 Å². The first-order valence-corrected chi connectivity index (χ1v) is 10.7. The normalized spacial score (nSPS) is 13.9. The number of hydrogen-bond donors (Lipinski definition) is 0. The zero-order valence-electron chi connectivity index (χ0n) is 16.8. The fourth-order valence-corrected chi connectivity index (χ4v) is 4.93. The van der Waals surface area contributed by atoms with Crippen molar-refractivity contribution >= 4 is 10.0 Å². The Labute approximate surface area is 167 Å². The van der Waals surface area contributed by atoms with Gasteiger partial charge in [-0.25, -0.2) is 8.42 Å². The summed E-state index contributed by atoms with van der Waals surface area (Å²) in [7, 11) is 2.50. The molecular formula is C21H27NO5S. The molecule has 0 spiro atoms. The molecule has 0 heterocycles. The molecule has 3 rings (SSSR count). The standard InChI is InChI=1S/C21H27NO5S/c1-22(14-15-9-10-18(25-2)19(11-15)26-3)28(23,24)21-13-17-8-6-5-7-16(17)12-20(21)27-4/h9-13H,5-8,14H2,1-4H3. The Morgan fingerprint density at radius 1 is 0.857 bits per heavy atom. The lowest BCUT2D eigenvalue weighted by atomic mass is 9.92. The molecule has 0 unspecified atom stereocenters. The van der Waals surface area contributed by atoms with E-state index in [0.717, 1.165) is 36.8 Å². The second-order valence-corrected chi connectivity index (χ2v) is 8.94. The molecule has 0 bridgehead atoms. The van der Waals surface area contributed by atoms with E-state index in [1.807, 2.05) is 12.1 Å². The maximum Gasteiger partial charge on any atom is 0.246 e. The van der Waals surface area contributed by atoms with E-state index in [1.165, 1.54) is 17.0 Å². The molecule has 0 radical (unpaired) electrons. The van der Waals surface area contributed by atoms with Crippen LogP contribution in [0.5, 0.6) is 17.2 Å². The zero-order chi connectivity index (χ0) is 20.3. The molecular weight excluding hydrogens is 378 g/mol. The predicted octanol–water partition coefficient (Wildman–Crippen LogP) is 3.41. The minimum atomic E-state index is -3.71. The third-order valence-corrected chi connectivity index (χ3v) is 6.99. The summed E-state index contributed by atoms with van der Waals surface area (Å²) < 4.78 is 43.9. The van der Waals surface area contributed by atoms with E-state index >= 15 is 0 Å². The number of ether oxygens (including phenoxy) is 3. The van der Waals surface area contributed by atoms with Crippen LogP contribution in [0.1, 0.15) is 29.5 Å². The van der Waals surface area contributed by atoms with Crippen LogP contribution in [-0.4, -0.2) is 41.1 Å². The molecule has 152 valence electrons. The molecule has 0 aromatic heterocycles. The molecule has 6 nitrogen and oxygen atoms in total. The van der Waals surface area contributed by atoms with Crippen molar-refractivity contribution < 1.29 is 22.6 Å². The number of sulfonamides is 1. The van der Waals surface area contributed by atoms with Crippen molar-refractivity contribution in [3.05, 3.63) is 47.0 Å². The van der Waals surface area contributed by atoms with Gasteiger partial charge in [-0.2, -0.15) is 4.31 Å². The topological polar surface area (TPSA) is 65.1 Å². The van der Waals surface area contributed by atoms with E-state index in [9.17, 15) is 8.42 Å². The van der Waals surface area contributed by atoms with Gasteiger partial charge in [0.25, 0.3) is 0 Å². The van der Waals surface area contributed by atoms with Crippen LogP contribution < -0.4 is 14.2 Å². The van der Waals surface area contributed by atoms with Crippen molar-refractivity contribution in [2.75, 3.05) is 28.4 Å². The molecule has 0 fully saturated rings. The molecule has 2 aromatic rings. The van der Waals surface area contributed by atoms with E-state index in [2.05, 4.69) is 0 Å². The van der Waals surface area contributed by atoms with Crippen LogP contribution in [0.25, 0.3) is 0 Å². The molecule has 0 aliphatic heterocycles. The van der Waals surface area contributed by atoms with E-state index < -0.39 is 10.0 Å². The summed E-state index contributed by atoms with van der Waals surface area (Å²) in [4.78, 5) is 0.221. The molecule has 0 saturated carbocycles. The van der Waals surface area contributed by atoms with E-state index in [1.54, 1.807) is 39.5 Å². The number of rotatable bonds is 7. The number of fused-ring (bicyclic) bond motifs is 1. The molecule has 1 aliphatic rings. The van der Waals surface area contributed by atoms with Crippen molar-refractivity contribution in [3.8, 4) is 17.2 Å². The van der Waals surface area contributed by atoms with E-state index in [4.69, 9.17) is 14.2 Å². The number of benzene rings is 2. The summed E-state index contributed by atoms with van der Waals surface area (Å²) in [6, 6.07) is 9.06. The first-order valence-electron chi connectivity index (χ1n) is 9.27. The smallest absolute Gasteiger partial charge is 0.246 e. The largest absolute Gasteiger partial charge is 0.495 e. The molecule has 0 amide bonds. The summed E-state index contributed by atoms with van der Waals surface area (Å²) in [5.74, 6) is 1.57. The van der Waals surface area contributed by atoms with E-state index in [0.29, 0.717) is 17.2 Å². The lowest BCUT2D eigenvalue weighted by Gasteiger charge is -2.23. The molecule has 28 heavy (non-hydrogen) atoms. The third-order valence-electron chi connectivity index (χ3n) is 5.17. The first kappa shape index (κ1) is 20.5. The summed E-state index contributed by atoms with van der Waals surface area (Å²) in [6.07, 6.45) is 4.08. The lowest BCUT2D eigenvalue weighted by molar-refractivity contribution is 0.354. The van der Waals surface area contributed by atoms with Gasteiger partial charge in [0.1, 0.15) is 10.6 Å². The maximum absolute atomic E-state index is 13.3. The summed E-state index contributed by atoms with van der Waals surface area (Å²) in [5, 5.41) is 0. The van der Waals surface area contributed by atoms with Crippen LogP contribution in [0.3, 0.4) is 0 Å². The minimum Gasteiger partial charge on any atom is -0.495 e. The van der Waals surface area contributed by atoms with E-state index in [-0.39, 0.29) is 11.4 Å². The SMILES string of the molecule is COc1ccc(CN(C)S(=O)(=O)c2cc3c(cc2OC)CCCC3)cc1OC. The molecule has 0 N–H and O–H groups in total. The number of aryl methyl sites for hydroxylation is 2. The van der Waals surface area contributed by atoms with Crippen molar-refractivity contribution in [2.45, 2.75) is 37.1 Å². The Bertz CT molecular complexity index is 956. The second kappa shape index (κ2) is 8.41. The predicted molar refractivity (Wildman–Crippen MR) is 108 cm³/mol. The van der Waals surface area contributed by atoms with Crippen LogP contribution in [0, 0.1) is 0 Å². The number of hydrogen-bond acceptors (Lipinski definition) is 5. The Kier molecular flexibility index (Phi) is 6.15. The van der Waals surface area contributed by atoms with Gasteiger partial charge in [-0.1, -0.05) is 6.07 Å². The Hall–Kier alpha value is -2.25. The molecule has 1 aliphatic carbocycles. The van der Waals surface area contributed by atoms with Crippen LogP contribution in [0.4, 0.5) is 0 Å². The zero-order valence-corrected chi connectivity index (χ0v) is 17.6. The van der Waals surface area contributed by atoms with Gasteiger partial charge in [0.05, 0.1) is 21.3 Å². The highest BCUT2D eigenvalue weighted by Crippen LogP contribution is 2.34. The second-order valence-electron chi connectivity index (χ2n) is 6.93. The van der Waals surface area contributed by atoms with Crippen LogP contribution in [0.2, 0.25) is 0 Å². The lowest BCUT2D eigenvalue weighted by Crippen LogP contribution is -2.27. The van der Waals surface area contributed by atoms with Gasteiger partial charge < -0.3 is 14.2 Å². The summed E-state index contributed by atoms with van der Waals surface area (Å²) in [5.41, 5.74) is 3.09.